The molecule has 0 atom stereocenters. The summed E-state index contributed by atoms with van der Waals surface area (Å²) in [6, 6.07) is 7.05. The Balaban J connectivity index is 1.66. The zero-order valence-electron chi connectivity index (χ0n) is 20.3. The molecule has 0 bridgehead atoms. The molecular weight excluding hydrogens is 632 g/mol. The smallest absolute Gasteiger partial charge is 0.282 e. The molecule has 0 N–H and O–H groups in total. The van der Waals surface area contributed by atoms with Gasteiger partial charge in [0.2, 0.25) is 0 Å². The normalized spacial score (nSPS) is 13.9. The molecule has 0 radical (unpaired) electrons. The lowest BCUT2D eigenvalue weighted by Gasteiger charge is -2.27. The van der Waals surface area contributed by atoms with E-state index in [9.17, 15) is 9.59 Å². The van der Waals surface area contributed by atoms with Gasteiger partial charge in [0, 0.05) is 34.0 Å². The first-order valence-corrected chi connectivity index (χ1v) is 13.6. The van der Waals surface area contributed by atoms with Gasteiger partial charge < -0.3 is 19.1 Å². The SMILES string of the molecule is CCCc1nc2ccc(Br)cc2c(=O)n1N=Cc1cc(OC)c(OCC(=O)N2CCOCC2)c(Cl)c1Br. The van der Waals surface area contributed by atoms with Gasteiger partial charge in [-0.15, -0.1) is 0 Å². The molecule has 3 aromatic rings. The van der Waals surface area contributed by atoms with Crippen molar-refractivity contribution in [2.45, 2.75) is 19.8 Å². The quantitative estimate of drug-likeness (QED) is 0.328. The third kappa shape index (κ3) is 6.17. The Kier molecular flexibility index (Phi) is 9.22. The summed E-state index contributed by atoms with van der Waals surface area (Å²) in [5.41, 5.74) is 0.890. The first-order chi connectivity index (χ1) is 17.8. The van der Waals surface area contributed by atoms with Crippen LogP contribution in [0.5, 0.6) is 11.5 Å². The number of amides is 1. The molecular formula is C25H25Br2ClN4O5. The maximum atomic E-state index is 13.3. The van der Waals surface area contributed by atoms with Crippen molar-refractivity contribution in [3.05, 3.63) is 60.0 Å². The lowest BCUT2D eigenvalue weighted by atomic mass is 10.2. The van der Waals surface area contributed by atoms with Crippen molar-refractivity contribution >= 4 is 66.5 Å². The molecule has 2 heterocycles. The Hall–Kier alpha value is -2.47. The van der Waals surface area contributed by atoms with Gasteiger partial charge in [0.1, 0.15) is 10.8 Å². The van der Waals surface area contributed by atoms with Crippen LogP contribution in [0.25, 0.3) is 10.9 Å². The van der Waals surface area contributed by atoms with Gasteiger partial charge >= 0.3 is 0 Å². The number of carbonyl (C=O) groups is 1. The van der Waals surface area contributed by atoms with E-state index >= 15 is 0 Å². The number of methoxy groups -OCH3 is 1. The van der Waals surface area contributed by atoms with Crippen LogP contribution in [0.4, 0.5) is 0 Å². The Labute approximate surface area is 235 Å². The summed E-state index contributed by atoms with van der Waals surface area (Å²) in [5, 5.41) is 5.13. The van der Waals surface area contributed by atoms with Gasteiger partial charge in [0.15, 0.2) is 18.1 Å². The molecule has 1 fully saturated rings. The summed E-state index contributed by atoms with van der Waals surface area (Å²) in [6.45, 7) is 3.86. The second kappa shape index (κ2) is 12.4. The van der Waals surface area contributed by atoms with E-state index in [1.165, 1.54) is 18.0 Å². The fourth-order valence-electron chi connectivity index (χ4n) is 3.84. The lowest BCUT2D eigenvalue weighted by Crippen LogP contribution is -2.43. The zero-order chi connectivity index (χ0) is 26.5. The van der Waals surface area contributed by atoms with Gasteiger partial charge in [-0.25, -0.2) is 4.98 Å². The average molecular weight is 657 g/mol. The maximum absolute atomic E-state index is 13.3. The highest BCUT2D eigenvalue weighted by atomic mass is 79.9. The van der Waals surface area contributed by atoms with Crippen molar-refractivity contribution in [1.82, 2.24) is 14.6 Å². The van der Waals surface area contributed by atoms with Crippen molar-refractivity contribution < 1.29 is 19.0 Å². The fraction of sp³-hybridized carbons (Fsp3) is 0.360. The molecule has 1 saturated heterocycles. The number of benzene rings is 2. The first-order valence-electron chi connectivity index (χ1n) is 11.6. The molecule has 12 heteroatoms. The minimum atomic E-state index is -0.276. The summed E-state index contributed by atoms with van der Waals surface area (Å²) in [7, 11) is 1.48. The van der Waals surface area contributed by atoms with Gasteiger partial charge in [-0.3, -0.25) is 9.59 Å². The number of aryl methyl sites for hydroxylation is 1. The summed E-state index contributed by atoms with van der Waals surface area (Å²) in [6.07, 6.45) is 2.88. The lowest BCUT2D eigenvalue weighted by molar-refractivity contribution is -0.137. The summed E-state index contributed by atoms with van der Waals surface area (Å²) >= 11 is 13.5. The molecule has 9 nitrogen and oxygen atoms in total. The monoisotopic (exact) mass is 654 g/mol. The number of halogens is 3. The molecule has 1 aliphatic rings. The van der Waals surface area contributed by atoms with E-state index < -0.39 is 0 Å². The highest BCUT2D eigenvalue weighted by Crippen LogP contribution is 2.42. The molecule has 0 saturated carbocycles. The minimum absolute atomic E-state index is 0.165. The Bertz CT molecular complexity index is 1410. The van der Waals surface area contributed by atoms with E-state index in [0.29, 0.717) is 65.2 Å². The number of ether oxygens (including phenoxy) is 3. The molecule has 4 rings (SSSR count). The molecule has 1 amide bonds. The molecule has 1 aromatic heterocycles. The highest BCUT2D eigenvalue weighted by Gasteiger charge is 2.21. The Morgan fingerprint density at radius 2 is 2.03 bits per heavy atom. The first kappa shape index (κ1) is 27.6. The van der Waals surface area contributed by atoms with Gasteiger partial charge in [-0.05, 0) is 46.6 Å². The second-order valence-corrected chi connectivity index (χ2v) is 10.3. The van der Waals surface area contributed by atoms with Crippen LogP contribution < -0.4 is 15.0 Å². The van der Waals surface area contributed by atoms with Crippen LogP contribution in [0.15, 0.2) is 43.1 Å². The molecule has 0 unspecified atom stereocenters. The number of morpholine rings is 1. The number of carbonyl (C=O) groups excluding carboxylic acids is 1. The number of aromatic nitrogens is 2. The second-order valence-electron chi connectivity index (χ2n) is 8.21. The largest absolute Gasteiger partial charge is 0.493 e. The summed E-state index contributed by atoms with van der Waals surface area (Å²) < 4.78 is 19.1. The van der Waals surface area contributed by atoms with Gasteiger partial charge in [-0.2, -0.15) is 9.78 Å². The predicted molar refractivity (Wildman–Crippen MR) is 149 cm³/mol. The maximum Gasteiger partial charge on any atom is 0.282 e. The van der Waals surface area contributed by atoms with Crippen molar-refractivity contribution in [1.29, 1.82) is 0 Å². The topological polar surface area (TPSA) is 95.2 Å². The van der Waals surface area contributed by atoms with Crippen LogP contribution >= 0.6 is 43.5 Å². The van der Waals surface area contributed by atoms with E-state index in [2.05, 4.69) is 41.9 Å². The number of hydrogen-bond donors (Lipinski definition) is 0. The third-order valence-corrected chi connectivity index (χ3v) is 7.68. The Morgan fingerprint density at radius 1 is 1.27 bits per heavy atom. The molecule has 37 heavy (non-hydrogen) atoms. The number of nitrogens with zero attached hydrogens (tertiary/aromatic N) is 4. The number of hydrogen-bond acceptors (Lipinski definition) is 7. The standard InChI is InChI=1S/C25H25Br2ClN4O5/c1-3-4-20-30-18-6-5-16(26)12-17(18)25(34)32(20)29-13-15-11-19(35-2)24(23(28)22(15)27)37-14-21(33)31-7-9-36-10-8-31/h5-6,11-13H,3-4,7-10,14H2,1-2H3. The molecule has 0 spiro atoms. The average Bonchev–Trinajstić information content (AvgIpc) is 2.91. The van der Waals surface area contributed by atoms with Crippen LogP contribution in [0.1, 0.15) is 24.7 Å². The van der Waals surface area contributed by atoms with Crippen molar-refractivity contribution in [2.24, 2.45) is 5.10 Å². The summed E-state index contributed by atoms with van der Waals surface area (Å²) in [5.74, 6) is 0.942. The van der Waals surface area contributed by atoms with E-state index in [4.69, 9.17) is 25.8 Å². The fourth-order valence-corrected chi connectivity index (χ4v) is 4.86. The highest BCUT2D eigenvalue weighted by molar-refractivity contribution is 9.10. The van der Waals surface area contributed by atoms with Crippen molar-refractivity contribution in [3.63, 3.8) is 0 Å². The van der Waals surface area contributed by atoms with Crippen LogP contribution in [0.3, 0.4) is 0 Å². The number of fused-ring (bicyclic) bond motifs is 1. The van der Waals surface area contributed by atoms with E-state index in [0.717, 1.165) is 10.9 Å². The van der Waals surface area contributed by atoms with E-state index in [1.807, 2.05) is 13.0 Å². The van der Waals surface area contributed by atoms with Crippen molar-refractivity contribution in [3.8, 4) is 11.5 Å². The van der Waals surface area contributed by atoms with Crippen LogP contribution in [-0.2, 0) is 16.0 Å². The molecule has 0 aliphatic carbocycles. The third-order valence-electron chi connectivity index (χ3n) is 5.74. The van der Waals surface area contributed by atoms with Crippen molar-refractivity contribution in [2.75, 3.05) is 40.0 Å². The van der Waals surface area contributed by atoms with Gasteiger partial charge in [-0.1, -0.05) is 34.5 Å². The molecule has 1 aliphatic heterocycles. The predicted octanol–water partition coefficient (Wildman–Crippen LogP) is 4.66. The Morgan fingerprint density at radius 3 is 2.73 bits per heavy atom. The number of rotatable bonds is 8. The van der Waals surface area contributed by atoms with Gasteiger partial charge in [0.25, 0.3) is 11.5 Å². The van der Waals surface area contributed by atoms with Crippen LogP contribution in [-0.4, -0.2) is 66.7 Å². The van der Waals surface area contributed by atoms with Crippen LogP contribution in [0.2, 0.25) is 5.02 Å². The van der Waals surface area contributed by atoms with Gasteiger partial charge in [0.05, 0.1) is 37.4 Å². The molecule has 2 aromatic carbocycles. The molecule has 196 valence electrons. The zero-order valence-corrected chi connectivity index (χ0v) is 24.2. The van der Waals surface area contributed by atoms with E-state index in [1.54, 1.807) is 23.1 Å². The van der Waals surface area contributed by atoms with E-state index in [-0.39, 0.29) is 28.8 Å². The minimum Gasteiger partial charge on any atom is -0.493 e. The summed E-state index contributed by atoms with van der Waals surface area (Å²) in [4.78, 5) is 32.1. The van der Waals surface area contributed by atoms with Crippen LogP contribution in [0, 0.1) is 0 Å².